The van der Waals surface area contributed by atoms with Crippen molar-refractivity contribution in [3.63, 3.8) is 0 Å². The molecule has 0 atom stereocenters. The summed E-state index contributed by atoms with van der Waals surface area (Å²) in [6.07, 6.45) is 0. The number of anilines is 6. The first kappa shape index (κ1) is 11.9. The average molecular weight is 273 g/mol. The van der Waals surface area contributed by atoms with Crippen LogP contribution in [-0.2, 0) is 0 Å². The third kappa shape index (κ3) is 2.30. The van der Waals surface area contributed by atoms with Crippen molar-refractivity contribution in [1.82, 2.24) is 0 Å². The third-order valence-electron chi connectivity index (χ3n) is 3.55. The van der Waals surface area contributed by atoms with Crippen molar-refractivity contribution in [2.75, 3.05) is 16.0 Å². The van der Waals surface area contributed by atoms with E-state index in [1.165, 1.54) is 0 Å². The van der Waals surface area contributed by atoms with E-state index >= 15 is 0 Å². The number of hydrogen-bond acceptors (Lipinski definition) is 3. The monoisotopic (exact) mass is 273 g/mol. The van der Waals surface area contributed by atoms with Crippen LogP contribution in [0.15, 0.2) is 72.8 Å². The van der Waals surface area contributed by atoms with Gasteiger partial charge in [0.15, 0.2) is 0 Å². The fourth-order valence-electron chi connectivity index (χ4n) is 2.51. The Morgan fingerprint density at radius 1 is 0.524 bits per heavy atom. The summed E-state index contributed by atoms with van der Waals surface area (Å²) in [7, 11) is 0. The Morgan fingerprint density at radius 3 is 1.90 bits per heavy atom. The molecule has 0 amide bonds. The third-order valence-corrected chi connectivity index (χ3v) is 3.55. The molecule has 3 N–H and O–H groups in total. The van der Waals surface area contributed by atoms with Crippen molar-refractivity contribution in [3.05, 3.63) is 72.8 Å². The van der Waals surface area contributed by atoms with Crippen molar-refractivity contribution >= 4 is 34.1 Å². The normalized spacial score (nSPS) is 11.6. The van der Waals surface area contributed by atoms with Crippen LogP contribution in [0.4, 0.5) is 34.1 Å². The molecule has 3 aromatic carbocycles. The first-order valence-electron chi connectivity index (χ1n) is 6.98. The van der Waals surface area contributed by atoms with E-state index < -0.39 is 0 Å². The number of fused-ring (bicyclic) bond motifs is 2. The van der Waals surface area contributed by atoms with Crippen LogP contribution < -0.4 is 16.0 Å². The van der Waals surface area contributed by atoms with Crippen molar-refractivity contribution in [2.24, 2.45) is 0 Å². The van der Waals surface area contributed by atoms with E-state index in [0.717, 1.165) is 34.1 Å². The minimum absolute atomic E-state index is 1.06. The largest absolute Gasteiger partial charge is 0.355 e. The highest BCUT2D eigenvalue weighted by Gasteiger charge is 2.13. The lowest BCUT2D eigenvalue weighted by molar-refractivity contribution is 1.44. The van der Waals surface area contributed by atoms with E-state index in [9.17, 15) is 0 Å². The molecule has 0 spiro atoms. The van der Waals surface area contributed by atoms with E-state index in [1.807, 2.05) is 30.3 Å². The Hall–Kier alpha value is -2.94. The molecule has 0 unspecified atom stereocenters. The van der Waals surface area contributed by atoms with Gasteiger partial charge in [-0.15, -0.1) is 0 Å². The summed E-state index contributed by atoms with van der Waals surface area (Å²) in [6.45, 7) is 0. The number of rotatable bonds is 2. The van der Waals surface area contributed by atoms with Crippen LogP contribution in [0.1, 0.15) is 0 Å². The van der Waals surface area contributed by atoms with E-state index in [4.69, 9.17) is 0 Å². The summed E-state index contributed by atoms with van der Waals surface area (Å²) in [4.78, 5) is 0. The Bertz CT molecular complexity index is 781. The van der Waals surface area contributed by atoms with Crippen LogP contribution in [0, 0.1) is 0 Å². The number of nitrogens with one attached hydrogen (secondary N) is 3. The van der Waals surface area contributed by atoms with Gasteiger partial charge in [-0.3, -0.25) is 0 Å². The van der Waals surface area contributed by atoms with Crippen LogP contribution in [0.25, 0.3) is 0 Å². The van der Waals surface area contributed by atoms with E-state index in [0.29, 0.717) is 0 Å². The highest BCUT2D eigenvalue weighted by molar-refractivity contribution is 5.91. The number of benzene rings is 3. The second kappa shape index (κ2) is 4.87. The fraction of sp³-hybridized carbons (Fsp3) is 0. The van der Waals surface area contributed by atoms with Gasteiger partial charge in [-0.1, -0.05) is 30.3 Å². The highest BCUT2D eigenvalue weighted by atomic mass is 15.0. The summed E-state index contributed by atoms with van der Waals surface area (Å²) in [5.41, 5.74) is 6.52. The second-order valence-electron chi connectivity index (χ2n) is 5.05. The quantitative estimate of drug-likeness (QED) is 0.468. The molecule has 1 aliphatic heterocycles. The maximum absolute atomic E-state index is 3.46. The fourth-order valence-corrected chi connectivity index (χ4v) is 2.51. The van der Waals surface area contributed by atoms with Gasteiger partial charge in [0.05, 0.1) is 22.7 Å². The summed E-state index contributed by atoms with van der Waals surface area (Å²) in [6, 6.07) is 24.7. The van der Waals surface area contributed by atoms with Gasteiger partial charge >= 0.3 is 0 Å². The van der Waals surface area contributed by atoms with Gasteiger partial charge in [0, 0.05) is 11.4 Å². The molecule has 0 saturated carbocycles. The minimum atomic E-state index is 1.06. The zero-order valence-electron chi connectivity index (χ0n) is 11.4. The summed E-state index contributed by atoms with van der Waals surface area (Å²) in [5, 5.41) is 10.3. The SMILES string of the molecule is c1ccc(Nc2ccc3c(c2)Nc2ccccc2N3)cc1. The van der Waals surface area contributed by atoms with Crippen LogP contribution in [-0.4, -0.2) is 0 Å². The molecular weight excluding hydrogens is 258 g/mol. The zero-order chi connectivity index (χ0) is 14.1. The molecule has 3 heteroatoms. The molecule has 1 heterocycles. The Labute approximate surface area is 123 Å². The standard InChI is InChI=1S/C18H15N3/c1-2-6-13(7-3-1)19-14-10-11-17-18(12-14)21-16-9-5-4-8-15(16)20-17/h1-12,19-21H. The lowest BCUT2D eigenvalue weighted by Crippen LogP contribution is -2.06. The van der Waals surface area contributed by atoms with E-state index in [2.05, 4.69) is 58.4 Å². The molecule has 3 aromatic rings. The molecule has 3 nitrogen and oxygen atoms in total. The lowest BCUT2D eigenvalue weighted by Gasteiger charge is -2.23. The van der Waals surface area contributed by atoms with Crippen LogP contribution in [0.3, 0.4) is 0 Å². The van der Waals surface area contributed by atoms with E-state index in [1.54, 1.807) is 0 Å². The predicted octanol–water partition coefficient (Wildman–Crippen LogP) is 5.23. The summed E-state index contributed by atoms with van der Waals surface area (Å²) in [5.74, 6) is 0. The summed E-state index contributed by atoms with van der Waals surface area (Å²) >= 11 is 0. The molecule has 4 rings (SSSR count). The van der Waals surface area contributed by atoms with Gasteiger partial charge in [0.25, 0.3) is 0 Å². The lowest BCUT2D eigenvalue weighted by atomic mass is 10.1. The van der Waals surface area contributed by atoms with Gasteiger partial charge in [0.2, 0.25) is 0 Å². The Kier molecular flexibility index (Phi) is 2.75. The van der Waals surface area contributed by atoms with Crippen LogP contribution in [0.2, 0.25) is 0 Å². The molecule has 102 valence electrons. The predicted molar refractivity (Wildman–Crippen MR) is 89.2 cm³/mol. The van der Waals surface area contributed by atoms with Gasteiger partial charge < -0.3 is 16.0 Å². The maximum Gasteiger partial charge on any atom is 0.0644 e. The topological polar surface area (TPSA) is 36.1 Å². The van der Waals surface area contributed by atoms with E-state index in [-0.39, 0.29) is 0 Å². The van der Waals surface area contributed by atoms with Gasteiger partial charge in [0.1, 0.15) is 0 Å². The molecule has 0 bridgehead atoms. The minimum Gasteiger partial charge on any atom is -0.355 e. The van der Waals surface area contributed by atoms with Gasteiger partial charge in [-0.2, -0.15) is 0 Å². The molecule has 0 aromatic heterocycles. The molecule has 0 fully saturated rings. The van der Waals surface area contributed by atoms with Crippen molar-refractivity contribution in [2.45, 2.75) is 0 Å². The average Bonchev–Trinajstić information content (AvgIpc) is 2.54. The first-order chi connectivity index (χ1) is 10.4. The summed E-state index contributed by atoms with van der Waals surface area (Å²) < 4.78 is 0. The smallest absolute Gasteiger partial charge is 0.0644 e. The molecule has 1 aliphatic rings. The zero-order valence-corrected chi connectivity index (χ0v) is 11.4. The van der Waals surface area contributed by atoms with Crippen molar-refractivity contribution in [1.29, 1.82) is 0 Å². The Morgan fingerprint density at radius 2 is 1.14 bits per heavy atom. The van der Waals surface area contributed by atoms with Crippen molar-refractivity contribution in [3.8, 4) is 0 Å². The number of para-hydroxylation sites is 3. The molecule has 0 aliphatic carbocycles. The Balaban J connectivity index is 1.64. The van der Waals surface area contributed by atoms with Gasteiger partial charge in [-0.25, -0.2) is 0 Å². The van der Waals surface area contributed by atoms with Gasteiger partial charge in [-0.05, 0) is 42.5 Å². The van der Waals surface area contributed by atoms with Crippen molar-refractivity contribution < 1.29 is 0 Å². The van der Waals surface area contributed by atoms with Crippen LogP contribution in [0.5, 0.6) is 0 Å². The molecular formula is C18H15N3. The molecule has 21 heavy (non-hydrogen) atoms. The molecule has 0 saturated heterocycles. The molecule has 0 radical (unpaired) electrons. The first-order valence-corrected chi connectivity index (χ1v) is 6.98. The maximum atomic E-state index is 3.46. The second-order valence-corrected chi connectivity index (χ2v) is 5.05. The van der Waals surface area contributed by atoms with Crippen LogP contribution >= 0.6 is 0 Å². The number of hydrogen-bond donors (Lipinski definition) is 3. The highest BCUT2D eigenvalue weighted by Crippen LogP contribution is 2.39.